The van der Waals surface area contributed by atoms with Gasteiger partial charge in [-0.25, -0.2) is 0 Å². The van der Waals surface area contributed by atoms with Gasteiger partial charge in [-0.1, -0.05) is 31.4 Å². The molecule has 1 aliphatic heterocycles. The Balaban J connectivity index is 1.88. The van der Waals surface area contributed by atoms with Crippen molar-refractivity contribution in [1.82, 2.24) is 4.90 Å². The number of amides is 1. The van der Waals surface area contributed by atoms with Crippen molar-refractivity contribution < 1.29 is 9.53 Å². The Morgan fingerprint density at radius 2 is 2.09 bits per heavy atom. The van der Waals surface area contributed by atoms with Gasteiger partial charge in [0.2, 0.25) is 0 Å². The normalized spacial score (nSPS) is 17.5. The fraction of sp³-hybridized carbons (Fsp3) is 0.632. The van der Waals surface area contributed by atoms with Gasteiger partial charge in [0.25, 0.3) is 5.91 Å². The van der Waals surface area contributed by atoms with Crippen LogP contribution in [0.25, 0.3) is 0 Å². The summed E-state index contributed by atoms with van der Waals surface area (Å²) in [6.07, 6.45) is 7.21. The minimum Gasteiger partial charge on any atom is -0.496 e. The molecule has 1 heterocycles. The summed E-state index contributed by atoms with van der Waals surface area (Å²) in [6, 6.07) is 5.77. The van der Waals surface area contributed by atoms with Crippen molar-refractivity contribution >= 4 is 5.91 Å². The Morgan fingerprint density at radius 3 is 2.83 bits per heavy atom. The van der Waals surface area contributed by atoms with Crippen LogP contribution in [-0.2, 0) is 0 Å². The number of hydrogen-bond donors (Lipinski definition) is 1. The highest BCUT2D eigenvalue weighted by Crippen LogP contribution is 2.28. The van der Waals surface area contributed by atoms with Gasteiger partial charge in [0.1, 0.15) is 5.75 Å². The molecule has 1 unspecified atom stereocenters. The molecule has 4 nitrogen and oxygen atoms in total. The van der Waals surface area contributed by atoms with Crippen LogP contribution < -0.4 is 10.5 Å². The van der Waals surface area contributed by atoms with E-state index in [-0.39, 0.29) is 5.91 Å². The molecule has 0 radical (unpaired) electrons. The number of aryl methyl sites for hydroxylation is 1. The molecule has 128 valence electrons. The number of methoxy groups -OCH3 is 1. The zero-order valence-corrected chi connectivity index (χ0v) is 14.5. The van der Waals surface area contributed by atoms with E-state index in [4.69, 9.17) is 10.5 Å². The molecule has 1 aliphatic rings. The predicted molar refractivity (Wildman–Crippen MR) is 93.9 cm³/mol. The minimum atomic E-state index is 0.116. The highest BCUT2D eigenvalue weighted by Gasteiger charge is 2.28. The van der Waals surface area contributed by atoms with E-state index in [0.717, 1.165) is 43.6 Å². The first-order chi connectivity index (χ1) is 11.2. The molecule has 2 rings (SSSR count). The molecule has 1 fully saturated rings. The summed E-state index contributed by atoms with van der Waals surface area (Å²) >= 11 is 0. The molecule has 1 aromatic rings. The zero-order valence-electron chi connectivity index (χ0n) is 14.5. The van der Waals surface area contributed by atoms with Crippen molar-refractivity contribution in [3.8, 4) is 5.75 Å². The fourth-order valence-corrected chi connectivity index (χ4v) is 3.43. The standard InChI is InChI=1S/C19H30N2O2/c1-15-8-7-10-17(23-2)18(15)19(22)21-13-11-16(14-21)9-5-3-4-6-12-20/h7-8,10,16H,3-6,9,11-14,20H2,1-2H3. The number of ether oxygens (including phenoxy) is 1. The van der Waals surface area contributed by atoms with E-state index in [1.807, 2.05) is 30.0 Å². The Morgan fingerprint density at radius 1 is 1.30 bits per heavy atom. The third kappa shape index (κ3) is 4.71. The second kappa shape index (κ2) is 8.92. The summed E-state index contributed by atoms with van der Waals surface area (Å²) in [4.78, 5) is 14.8. The van der Waals surface area contributed by atoms with Gasteiger partial charge in [0.15, 0.2) is 0 Å². The van der Waals surface area contributed by atoms with E-state index in [0.29, 0.717) is 11.7 Å². The molecule has 0 saturated carbocycles. The molecule has 1 atom stereocenters. The zero-order chi connectivity index (χ0) is 16.7. The second-order valence-corrected chi connectivity index (χ2v) is 6.55. The highest BCUT2D eigenvalue weighted by molar-refractivity contribution is 5.98. The van der Waals surface area contributed by atoms with Crippen molar-refractivity contribution in [3.63, 3.8) is 0 Å². The van der Waals surface area contributed by atoms with Crippen LogP contribution in [-0.4, -0.2) is 37.6 Å². The van der Waals surface area contributed by atoms with Crippen LogP contribution in [0.4, 0.5) is 0 Å². The molecular formula is C19H30N2O2. The summed E-state index contributed by atoms with van der Waals surface area (Å²) < 4.78 is 5.38. The molecule has 0 spiro atoms. The minimum absolute atomic E-state index is 0.116. The van der Waals surface area contributed by atoms with Gasteiger partial charge in [-0.05, 0) is 50.3 Å². The van der Waals surface area contributed by atoms with Gasteiger partial charge < -0.3 is 15.4 Å². The van der Waals surface area contributed by atoms with E-state index in [9.17, 15) is 4.79 Å². The third-order valence-electron chi connectivity index (χ3n) is 4.81. The number of rotatable bonds is 8. The number of hydrogen-bond acceptors (Lipinski definition) is 3. The van der Waals surface area contributed by atoms with E-state index >= 15 is 0 Å². The molecule has 0 aliphatic carbocycles. The maximum absolute atomic E-state index is 12.8. The first-order valence-electron chi connectivity index (χ1n) is 8.80. The Bertz CT molecular complexity index is 516. The average molecular weight is 318 g/mol. The molecule has 23 heavy (non-hydrogen) atoms. The number of nitrogens with zero attached hydrogens (tertiary/aromatic N) is 1. The predicted octanol–water partition coefficient (Wildman–Crippen LogP) is 3.37. The number of benzene rings is 1. The lowest BCUT2D eigenvalue weighted by atomic mass is 10.00. The lowest BCUT2D eigenvalue weighted by Gasteiger charge is -2.19. The van der Waals surface area contributed by atoms with Crippen LogP contribution in [0.15, 0.2) is 18.2 Å². The summed E-state index contributed by atoms with van der Waals surface area (Å²) in [6.45, 7) is 4.52. The van der Waals surface area contributed by atoms with Crippen molar-refractivity contribution in [2.45, 2.75) is 45.4 Å². The fourth-order valence-electron chi connectivity index (χ4n) is 3.43. The van der Waals surface area contributed by atoms with Crippen LogP contribution in [0, 0.1) is 12.8 Å². The topological polar surface area (TPSA) is 55.6 Å². The smallest absolute Gasteiger partial charge is 0.257 e. The average Bonchev–Trinajstić information content (AvgIpc) is 3.02. The van der Waals surface area contributed by atoms with E-state index < -0.39 is 0 Å². The van der Waals surface area contributed by atoms with Gasteiger partial charge in [-0.2, -0.15) is 0 Å². The number of carbonyl (C=O) groups excluding carboxylic acids is 1. The number of carbonyl (C=O) groups is 1. The summed E-state index contributed by atoms with van der Waals surface area (Å²) in [5, 5.41) is 0. The maximum Gasteiger partial charge on any atom is 0.257 e. The van der Waals surface area contributed by atoms with Gasteiger partial charge in [-0.3, -0.25) is 4.79 Å². The molecular weight excluding hydrogens is 288 g/mol. The quantitative estimate of drug-likeness (QED) is 0.748. The van der Waals surface area contributed by atoms with Crippen molar-refractivity contribution in [1.29, 1.82) is 0 Å². The van der Waals surface area contributed by atoms with E-state index in [2.05, 4.69) is 0 Å². The number of unbranched alkanes of at least 4 members (excludes halogenated alkanes) is 3. The SMILES string of the molecule is COc1cccc(C)c1C(=O)N1CCC(CCCCCCN)C1. The second-order valence-electron chi connectivity index (χ2n) is 6.55. The van der Waals surface area contributed by atoms with Crippen molar-refractivity contribution in [2.75, 3.05) is 26.7 Å². The maximum atomic E-state index is 12.8. The van der Waals surface area contributed by atoms with Crippen molar-refractivity contribution in [3.05, 3.63) is 29.3 Å². The molecule has 2 N–H and O–H groups in total. The Kier molecular flexibility index (Phi) is 6.90. The lowest BCUT2D eigenvalue weighted by Crippen LogP contribution is -2.29. The first kappa shape index (κ1) is 17.8. The van der Waals surface area contributed by atoms with E-state index in [1.54, 1.807) is 7.11 Å². The van der Waals surface area contributed by atoms with Gasteiger partial charge in [-0.15, -0.1) is 0 Å². The molecule has 0 bridgehead atoms. The monoisotopic (exact) mass is 318 g/mol. The lowest BCUT2D eigenvalue weighted by molar-refractivity contribution is 0.0782. The number of likely N-dealkylation sites (tertiary alicyclic amines) is 1. The van der Waals surface area contributed by atoms with Gasteiger partial charge >= 0.3 is 0 Å². The van der Waals surface area contributed by atoms with Gasteiger partial charge in [0.05, 0.1) is 12.7 Å². The van der Waals surface area contributed by atoms with Crippen LogP contribution in [0.3, 0.4) is 0 Å². The third-order valence-corrected chi connectivity index (χ3v) is 4.81. The Labute approximate surface area is 140 Å². The molecule has 1 amide bonds. The van der Waals surface area contributed by atoms with Gasteiger partial charge in [0, 0.05) is 13.1 Å². The summed E-state index contributed by atoms with van der Waals surface area (Å²) in [7, 11) is 1.62. The van der Waals surface area contributed by atoms with Crippen LogP contribution >= 0.6 is 0 Å². The van der Waals surface area contributed by atoms with Crippen molar-refractivity contribution in [2.24, 2.45) is 11.7 Å². The number of nitrogens with two attached hydrogens (primary N) is 1. The van der Waals surface area contributed by atoms with Crippen LogP contribution in [0.1, 0.15) is 54.4 Å². The Hall–Kier alpha value is -1.55. The largest absolute Gasteiger partial charge is 0.496 e. The van der Waals surface area contributed by atoms with Crippen LogP contribution in [0.5, 0.6) is 5.75 Å². The summed E-state index contributed by atoms with van der Waals surface area (Å²) in [5.74, 6) is 1.44. The molecule has 1 aromatic carbocycles. The summed E-state index contributed by atoms with van der Waals surface area (Å²) in [5.41, 5.74) is 7.23. The molecule has 4 heteroatoms. The highest BCUT2D eigenvalue weighted by atomic mass is 16.5. The van der Waals surface area contributed by atoms with E-state index in [1.165, 1.54) is 25.7 Å². The first-order valence-corrected chi connectivity index (χ1v) is 8.80. The molecule has 0 aromatic heterocycles. The van der Waals surface area contributed by atoms with Crippen LogP contribution in [0.2, 0.25) is 0 Å². The molecule has 1 saturated heterocycles.